The molecule has 0 bridgehead atoms. The van der Waals surface area contributed by atoms with E-state index in [9.17, 15) is 4.79 Å². The van der Waals surface area contributed by atoms with Crippen LogP contribution in [0.5, 0.6) is 0 Å². The quantitative estimate of drug-likeness (QED) is 0.718. The van der Waals surface area contributed by atoms with Gasteiger partial charge >= 0.3 is 0 Å². The van der Waals surface area contributed by atoms with E-state index in [2.05, 4.69) is 11.9 Å². The van der Waals surface area contributed by atoms with Crippen molar-refractivity contribution in [1.29, 1.82) is 0 Å². The minimum atomic E-state index is 0.0926. The molecule has 1 amide bonds. The molecule has 0 fully saturated rings. The SMILES string of the molecule is C=Cc1ccccc1.O=C1CC=CN1. The molecule has 0 atom stereocenters. The lowest BCUT2D eigenvalue weighted by molar-refractivity contribution is -0.118. The van der Waals surface area contributed by atoms with Crippen molar-refractivity contribution in [2.75, 3.05) is 0 Å². The van der Waals surface area contributed by atoms with Gasteiger partial charge in [0, 0.05) is 12.6 Å². The highest BCUT2D eigenvalue weighted by Crippen LogP contribution is 1.97. The van der Waals surface area contributed by atoms with Crippen LogP contribution in [-0.2, 0) is 4.79 Å². The third-order valence-electron chi connectivity index (χ3n) is 1.70. The molecule has 0 saturated heterocycles. The van der Waals surface area contributed by atoms with Crippen LogP contribution in [0.1, 0.15) is 12.0 Å². The molecule has 2 heteroatoms. The minimum Gasteiger partial charge on any atom is -0.333 e. The fraction of sp³-hybridized carbons (Fsp3) is 0.0833. The predicted molar refractivity (Wildman–Crippen MR) is 58.4 cm³/mol. The van der Waals surface area contributed by atoms with Gasteiger partial charge in [0.1, 0.15) is 0 Å². The van der Waals surface area contributed by atoms with E-state index in [1.807, 2.05) is 36.4 Å². The van der Waals surface area contributed by atoms with Gasteiger partial charge in [-0.15, -0.1) is 0 Å². The first-order valence-corrected chi connectivity index (χ1v) is 4.45. The Hall–Kier alpha value is -1.83. The Labute approximate surface area is 84.0 Å². The first kappa shape index (κ1) is 10.3. The number of hydrogen-bond donors (Lipinski definition) is 1. The lowest BCUT2D eigenvalue weighted by Crippen LogP contribution is -2.08. The Bertz CT molecular complexity index is 317. The second-order valence-corrected chi connectivity index (χ2v) is 2.79. The number of hydrogen-bond acceptors (Lipinski definition) is 1. The van der Waals surface area contributed by atoms with Gasteiger partial charge in [0.25, 0.3) is 0 Å². The van der Waals surface area contributed by atoms with Crippen molar-refractivity contribution in [3.05, 3.63) is 54.8 Å². The molecule has 0 spiro atoms. The van der Waals surface area contributed by atoms with Crippen LogP contribution in [0.3, 0.4) is 0 Å². The van der Waals surface area contributed by atoms with Crippen molar-refractivity contribution in [3.63, 3.8) is 0 Å². The molecule has 0 saturated carbocycles. The molecule has 0 radical (unpaired) electrons. The summed E-state index contributed by atoms with van der Waals surface area (Å²) < 4.78 is 0. The molecule has 0 aromatic heterocycles. The maximum atomic E-state index is 10.1. The van der Waals surface area contributed by atoms with Crippen molar-refractivity contribution in [3.8, 4) is 0 Å². The van der Waals surface area contributed by atoms with Gasteiger partial charge in [-0.2, -0.15) is 0 Å². The van der Waals surface area contributed by atoms with Gasteiger partial charge in [-0.1, -0.05) is 49.1 Å². The third kappa shape index (κ3) is 3.72. The molecular formula is C12H13NO. The van der Waals surface area contributed by atoms with Crippen molar-refractivity contribution in [2.45, 2.75) is 6.42 Å². The minimum absolute atomic E-state index is 0.0926. The maximum absolute atomic E-state index is 10.1. The molecule has 72 valence electrons. The van der Waals surface area contributed by atoms with Gasteiger partial charge in [-0.05, 0) is 5.56 Å². The average molecular weight is 187 g/mol. The Kier molecular flexibility index (Phi) is 4.21. The highest BCUT2D eigenvalue weighted by atomic mass is 16.1. The molecule has 1 N–H and O–H groups in total. The summed E-state index contributed by atoms with van der Waals surface area (Å²) in [6.07, 6.45) is 5.84. The van der Waals surface area contributed by atoms with Crippen LogP contribution in [0.2, 0.25) is 0 Å². The van der Waals surface area contributed by atoms with E-state index in [1.165, 1.54) is 5.56 Å². The topological polar surface area (TPSA) is 29.1 Å². The van der Waals surface area contributed by atoms with Crippen LogP contribution < -0.4 is 5.32 Å². The number of benzene rings is 1. The first-order chi connectivity index (χ1) is 6.83. The number of amides is 1. The van der Waals surface area contributed by atoms with Crippen molar-refractivity contribution >= 4 is 12.0 Å². The van der Waals surface area contributed by atoms with Crippen LogP contribution >= 0.6 is 0 Å². The summed E-state index contributed by atoms with van der Waals surface area (Å²) in [5, 5.41) is 2.50. The van der Waals surface area contributed by atoms with E-state index in [0.29, 0.717) is 6.42 Å². The Morgan fingerprint density at radius 2 is 2.00 bits per heavy atom. The smallest absolute Gasteiger partial charge is 0.227 e. The summed E-state index contributed by atoms with van der Waals surface area (Å²) in [4.78, 5) is 10.1. The van der Waals surface area contributed by atoms with Crippen molar-refractivity contribution in [1.82, 2.24) is 5.32 Å². The summed E-state index contributed by atoms with van der Waals surface area (Å²) in [5.74, 6) is 0.0926. The maximum Gasteiger partial charge on any atom is 0.227 e. The lowest BCUT2D eigenvalue weighted by atomic mass is 10.2. The highest BCUT2D eigenvalue weighted by Gasteiger charge is 1.97. The molecule has 0 aliphatic carbocycles. The van der Waals surface area contributed by atoms with E-state index in [4.69, 9.17) is 0 Å². The Balaban J connectivity index is 0.000000146. The van der Waals surface area contributed by atoms with Crippen LogP contribution in [0.15, 0.2) is 49.2 Å². The molecule has 14 heavy (non-hydrogen) atoms. The summed E-state index contributed by atoms with van der Waals surface area (Å²) in [6.45, 7) is 3.63. The molecule has 1 aliphatic rings. The number of rotatable bonds is 1. The van der Waals surface area contributed by atoms with E-state index >= 15 is 0 Å². The molecule has 1 aromatic carbocycles. The van der Waals surface area contributed by atoms with E-state index in [1.54, 1.807) is 12.3 Å². The lowest BCUT2D eigenvalue weighted by Gasteiger charge is -1.85. The first-order valence-electron chi connectivity index (χ1n) is 4.45. The van der Waals surface area contributed by atoms with E-state index < -0.39 is 0 Å². The number of nitrogens with one attached hydrogen (secondary N) is 1. The Morgan fingerprint density at radius 3 is 2.29 bits per heavy atom. The van der Waals surface area contributed by atoms with Gasteiger partial charge in [-0.3, -0.25) is 4.79 Å². The summed E-state index contributed by atoms with van der Waals surface area (Å²) in [5.41, 5.74) is 1.17. The molecule has 1 heterocycles. The monoisotopic (exact) mass is 187 g/mol. The second kappa shape index (κ2) is 5.75. The summed E-state index contributed by atoms with van der Waals surface area (Å²) in [6, 6.07) is 10.0. The van der Waals surface area contributed by atoms with Gasteiger partial charge in [0.05, 0.1) is 0 Å². The third-order valence-corrected chi connectivity index (χ3v) is 1.70. The average Bonchev–Trinajstić information content (AvgIpc) is 2.71. The second-order valence-electron chi connectivity index (χ2n) is 2.79. The highest BCUT2D eigenvalue weighted by molar-refractivity contribution is 5.80. The largest absolute Gasteiger partial charge is 0.333 e. The number of carbonyl (C=O) groups is 1. The molecule has 2 nitrogen and oxygen atoms in total. The fourth-order valence-electron chi connectivity index (χ4n) is 0.966. The van der Waals surface area contributed by atoms with Gasteiger partial charge in [0.15, 0.2) is 0 Å². The number of carbonyl (C=O) groups excluding carboxylic acids is 1. The van der Waals surface area contributed by atoms with Crippen LogP contribution in [0, 0.1) is 0 Å². The zero-order valence-corrected chi connectivity index (χ0v) is 7.94. The van der Waals surface area contributed by atoms with Crippen molar-refractivity contribution in [2.24, 2.45) is 0 Å². The van der Waals surface area contributed by atoms with Gasteiger partial charge < -0.3 is 5.32 Å². The van der Waals surface area contributed by atoms with Crippen LogP contribution in [0.25, 0.3) is 6.08 Å². The fourth-order valence-corrected chi connectivity index (χ4v) is 0.966. The van der Waals surface area contributed by atoms with E-state index in [0.717, 1.165) is 0 Å². The molecule has 1 aromatic rings. The van der Waals surface area contributed by atoms with Gasteiger partial charge in [0.2, 0.25) is 5.91 Å². The summed E-state index contributed by atoms with van der Waals surface area (Å²) >= 11 is 0. The molecule has 2 rings (SSSR count). The van der Waals surface area contributed by atoms with Crippen molar-refractivity contribution < 1.29 is 4.79 Å². The molecular weight excluding hydrogens is 174 g/mol. The standard InChI is InChI=1S/C8H8.C4H5NO/c1-2-8-6-4-3-5-7-8;6-4-2-1-3-5-4/h2-7H,1H2;1,3H,2H2,(H,5,6). The van der Waals surface area contributed by atoms with E-state index in [-0.39, 0.29) is 5.91 Å². The van der Waals surface area contributed by atoms with Crippen LogP contribution in [-0.4, -0.2) is 5.91 Å². The normalized spacial score (nSPS) is 12.7. The molecule has 0 unspecified atom stereocenters. The zero-order valence-electron chi connectivity index (χ0n) is 7.94. The zero-order chi connectivity index (χ0) is 10.2. The Morgan fingerprint density at radius 1 is 1.29 bits per heavy atom. The van der Waals surface area contributed by atoms with Gasteiger partial charge in [-0.25, -0.2) is 0 Å². The molecule has 1 aliphatic heterocycles. The predicted octanol–water partition coefficient (Wildman–Crippen LogP) is 2.35. The van der Waals surface area contributed by atoms with Crippen LogP contribution in [0.4, 0.5) is 0 Å². The summed E-state index contributed by atoms with van der Waals surface area (Å²) in [7, 11) is 0.